The van der Waals surface area contributed by atoms with Crippen molar-refractivity contribution in [3.05, 3.63) is 24.8 Å². The highest BCUT2D eigenvalue weighted by Crippen LogP contribution is 1.81. The van der Waals surface area contributed by atoms with E-state index in [4.69, 9.17) is 0 Å². The van der Waals surface area contributed by atoms with E-state index >= 15 is 0 Å². The summed E-state index contributed by atoms with van der Waals surface area (Å²) in [5.41, 5.74) is 0. The van der Waals surface area contributed by atoms with Crippen molar-refractivity contribution in [2.24, 2.45) is 0 Å². The van der Waals surface area contributed by atoms with E-state index in [9.17, 15) is 9.59 Å². The molecule has 108 valence electrons. The van der Waals surface area contributed by atoms with Gasteiger partial charge in [0.2, 0.25) is 0 Å². The van der Waals surface area contributed by atoms with E-state index in [1.54, 1.807) is 0 Å². The molecular weight excluding hydrogens is 224 g/mol. The summed E-state index contributed by atoms with van der Waals surface area (Å²) in [6, 6.07) is 0. The molecule has 0 aliphatic rings. The first-order valence-electron chi connectivity index (χ1n) is 6.79. The zero-order chi connectivity index (χ0) is 15.1. The molecule has 0 radical (unpaired) electrons. The Morgan fingerprint density at radius 1 is 0.667 bits per heavy atom. The van der Waals surface area contributed by atoms with Gasteiger partial charge in [-0.05, 0) is 19.3 Å². The average Bonchev–Trinajstić information content (AvgIpc) is 2.45. The first-order valence-corrected chi connectivity index (χ1v) is 6.79. The van der Waals surface area contributed by atoms with Gasteiger partial charge in [0, 0.05) is 12.8 Å². The minimum Gasteiger partial charge on any atom is -0.303 e. The van der Waals surface area contributed by atoms with Gasteiger partial charge in [-0.3, -0.25) is 0 Å². The Morgan fingerprint density at radius 2 is 0.889 bits per heavy atom. The van der Waals surface area contributed by atoms with Crippen molar-refractivity contribution in [1.82, 2.24) is 0 Å². The fraction of sp³-hybridized carbons (Fsp3) is 0.625. The molecule has 2 heteroatoms. The largest absolute Gasteiger partial charge is 0.303 e. The molecule has 0 aromatic rings. The zero-order valence-corrected chi connectivity index (χ0v) is 12.9. The van der Waals surface area contributed by atoms with E-state index in [0.717, 1.165) is 19.0 Å². The highest BCUT2D eigenvalue weighted by Gasteiger charge is 1.60. The van der Waals surface area contributed by atoms with Crippen LogP contribution in [0.15, 0.2) is 24.8 Å². The van der Waals surface area contributed by atoms with E-state index in [1.807, 2.05) is 19.9 Å². The number of rotatable bonds is 5. The van der Waals surface area contributed by atoms with Crippen LogP contribution >= 0.6 is 0 Å². The van der Waals surface area contributed by atoms with Crippen molar-refractivity contribution < 1.29 is 9.59 Å². The second-order valence-electron chi connectivity index (χ2n) is 3.13. The van der Waals surface area contributed by atoms with Crippen molar-refractivity contribution in [3.8, 4) is 0 Å². The third-order valence-corrected chi connectivity index (χ3v) is 1.26. The lowest BCUT2D eigenvalue weighted by atomic mass is 10.4. The summed E-state index contributed by atoms with van der Waals surface area (Å²) >= 11 is 0. The Morgan fingerprint density at radius 3 is 0.944 bits per heavy atom. The second kappa shape index (κ2) is 44.7. The summed E-state index contributed by atoms with van der Waals surface area (Å²) in [4.78, 5) is 18.3. The molecular formula is C16H32O2. The Kier molecular flexibility index (Phi) is 63.6. The minimum atomic E-state index is 0.639. The molecule has 0 saturated carbocycles. The molecule has 18 heavy (non-hydrogen) atoms. The van der Waals surface area contributed by atoms with Crippen molar-refractivity contribution in [1.29, 1.82) is 0 Å². The number of hydrogen-bond acceptors (Lipinski definition) is 2. The lowest BCUT2D eigenvalue weighted by molar-refractivity contribution is -0.108. The predicted octanol–water partition coefficient (Wildman–Crippen LogP) is 5.14. The molecule has 0 fully saturated rings. The Labute approximate surface area is 114 Å². The molecule has 0 unspecified atom stereocenters. The maximum absolute atomic E-state index is 9.17. The number of carbonyl (C=O) groups is 2. The van der Waals surface area contributed by atoms with Crippen LogP contribution in [0.5, 0.6) is 0 Å². The van der Waals surface area contributed by atoms with Crippen molar-refractivity contribution in [2.75, 3.05) is 0 Å². The Bertz CT molecular complexity index is 135. The van der Waals surface area contributed by atoms with Gasteiger partial charge in [-0.25, -0.2) is 0 Å². The van der Waals surface area contributed by atoms with Crippen LogP contribution in [0.1, 0.15) is 66.7 Å². The van der Waals surface area contributed by atoms with Gasteiger partial charge in [0.1, 0.15) is 12.6 Å². The number of allylic oxidation sites excluding steroid dienone is 3. The standard InChI is InChI=1S/C6H12.C4H8.2C3H6O/c1-3-5-6-4-2;1-3-4-2;2*1-2-3-4/h5-6H,3-4H2,1-2H3;3H,1,4H2,2H3;2*3H,2H2,1H3. The maximum Gasteiger partial charge on any atom is 0.119 e. The normalized spacial score (nSPS) is 7.61. The molecule has 0 bridgehead atoms. The molecule has 0 saturated heterocycles. The van der Waals surface area contributed by atoms with Gasteiger partial charge in [-0.1, -0.05) is 52.8 Å². The number of carbonyl (C=O) groups excluding carboxylic acids is 2. The maximum atomic E-state index is 9.17. The lowest BCUT2D eigenvalue weighted by Crippen LogP contribution is -1.55. The van der Waals surface area contributed by atoms with E-state index in [-0.39, 0.29) is 0 Å². The monoisotopic (exact) mass is 256 g/mol. The van der Waals surface area contributed by atoms with Crippen LogP contribution in [0.3, 0.4) is 0 Å². The van der Waals surface area contributed by atoms with E-state index in [0.29, 0.717) is 12.8 Å². The van der Waals surface area contributed by atoms with Crippen LogP contribution in [0.4, 0.5) is 0 Å². The van der Waals surface area contributed by atoms with Crippen LogP contribution in [-0.4, -0.2) is 12.6 Å². The molecule has 0 aliphatic heterocycles. The fourth-order valence-corrected chi connectivity index (χ4v) is 0.333. The molecule has 0 aromatic carbocycles. The lowest BCUT2D eigenvalue weighted by Gasteiger charge is -1.72. The van der Waals surface area contributed by atoms with Gasteiger partial charge in [0.15, 0.2) is 0 Å². The van der Waals surface area contributed by atoms with Gasteiger partial charge in [-0.2, -0.15) is 0 Å². The summed E-state index contributed by atoms with van der Waals surface area (Å²) < 4.78 is 0. The van der Waals surface area contributed by atoms with Crippen LogP contribution in [0, 0.1) is 0 Å². The van der Waals surface area contributed by atoms with E-state index < -0.39 is 0 Å². The molecule has 0 N–H and O–H groups in total. The number of hydrogen-bond donors (Lipinski definition) is 0. The molecule has 0 amide bonds. The van der Waals surface area contributed by atoms with Crippen LogP contribution in [0.25, 0.3) is 0 Å². The predicted molar refractivity (Wildman–Crippen MR) is 82.9 cm³/mol. The van der Waals surface area contributed by atoms with Crippen LogP contribution < -0.4 is 0 Å². The third-order valence-electron chi connectivity index (χ3n) is 1.26. The molecule has 2 nitrogen and oxygen atoms in total. The summed E-state index contributed by atoms with van der Waals surface area (Å²) in [5.74, 6) is 0. The average molecular weight is 256 g/mol. The van der Waals surface area contributed by atoms with Crippen molar-refractivity contribution in [3.63, 3.8) is 0 Å². The summed E-state index contributed by atoms with van der Waals surface area (Å²) in [6.07, 6.45) is 12.7. The SMILES string of the molecule is C=CCC.CCC=CCC.CCC=O.CCC=O. The highest BCUT2D eigenvalue weighted by atomic mass is 16.1. The van der Waals surface area contributed by atoms with Gasteiger partial charge < -0.3 is 9.59 Å². The first kappa shape index (κ1) is 25.6. The molecule has 0 aromatic heterocycles. The smallest absolute Gasteiger partial charge is 0.119 e. The van der Waals surface area contributed by atoms with Gasteiger partial charge in [0.25, 0.3) is 0 Å². The molecule has 0 heterocycles. The third kappa shape index (κ3) is 122. The van der Waals surface area contributed by atoms with E-state index in [1.165, 1.54) is 12.8 Å². The number of aldehydes is 2. The molecule has 0 atom stereocenters. The quantitative estimate of drug-likeness (QED) is 0.504. The second-order valence-corrected chi connectivity index (χ2v) is 3.13. The Balaban J connectivity index is -0.0000000742. The van der Waals surface area contributed by atoms with E-state index in [2.05, 4.69) is 39.5 Å². The first-order chi connectivity index (χ1) is 8.66. The molecule has 0 spiro atoms. The van der Waals surface area contributed by atoms with Crippen LogP contribution in [0.2, 0.25) is 0 Å². The summed E-state index contributed by atoms with van der Waals surface area (Å²) in [6.45, 7) is 13.5. The summed E-state index contributed by atoms with van der Waals surface area (Å²) in [7, 11) is 0. The van der Waals surface area contributed by atoms with Crippen molar-refractivity contribution >= 4 is 12.6 Å². The van der Waals surface area contributed by atoms with Gasteiger partial charge in [-0.15, -0.1) is 6.58 Å². The zero-order valence-electron chi connectivity index (χ0n) is 12.9. The van der Waals surface area contributed by atoms with Crippen molar-refractivity contribution in [2.45, 2.75) is 66.7 Å². The minimum absolute atomic E-state index is 0.639. The fourth-order valence-electron chi connectivity index (χ4n) is 0.333. The van der Waals surface area contributed by atoms with Gasteiger partial charge in [0.05, 0.1) is 0 Å². The molecule has 0 aliphatic carbocycles. The summed E-state index contributed by atoms with van der Waals surface area (Å²) in [5, 5.41) is 0. The molecule has 0 rings (SSSR count). The van der Waals surface area contributed by atoms with Crippen LogP contribution in [-0.2, 0) is 9.59 Å². The highest BCUT2D eigenvalue weighted by molar-refractivity contribution is 5.48. The van der Waals surface area contributed by atoms with Gasteiger partial charge >= 0.3 is 0 Å². The Hall–Kier alpha value is -1.18. The topological polar surface area (TPSA) is 34.1 Å².